The molecule has 96 valence electrons. The minimum atomic E-state index is -0.123. The Bertz CT molecular complexity index is 327. The average molecular weight is 237 g/mol. The number of nitrogens with one attached hydrogen (secondary N) is 1. The van der Waals surface area contributed by atoms with Crippen LogP contribution in [0.25, 0.3) is 0 Å². The Kier molecular flexibility index (Phi) is 5.63. The van der Waals surface area contributed by atoms with E-state index in [4.69, 9.17) is 0 Å². The van der Waals surface area contributed by atoms with Crippen molar-refractivity contribution in [1.29, 1.82) is 0 Å². The normalized spacial score (nSPS) is 13.1. The molecule has 0 aliphatic heterocycles. The van der Waals surface area contributed by atoms with Crippen LogP contribution in [-0.2, 0) is 6.42 Å². The van der Waals surface area contributed by atoms with Crippen LogP contribution < -0.4 is 5.32 Å². The molecule has 0 spiro atoms. The molecule has 0 aromatic heterocycles. The highest BCUT2D eigenvalue weighted by atomic mass is 19.1. The Labute approximate surface area is 104 Å². The van der Waals surface area contributed by atoms with Crippen molar-refractivity contribution in [3.05, 3.63) is 35.1 Å². The first-order chi connectivity index (χ1) is 7.97. The zero-order chi connectivity index (χ0) is 12.8. The Morgan fingerprint density at radius 2 is 1.82 bits per heavy atom. The van der Waals surface area contributed by atoms with Crippen molar-refractivity contribution < 1.29 is 4.39 Å². The van der Waals surface area contributed by atoms with Crippen LogP contribution in [-0.4, -0.2) is 13.1 Å². The molecule has 0 fully saturated rings. The van der Waals surface area contributed by atoms with Gasteiger partial charge in [0.05, 0.1) is 0 Å². The van der Waals surface area contributed by atoms with E-state index in [0.29, 0.717) is 11.8 Å². The third-order valence-electron chi connectivity index (χ3n) is 2.73. The van der Waals surface area contributed by atoms with Crippen LogP contribution in [0.1, 0.15) is 31.9 Å². The fraction of sp³-hybridized carbons (Fsp3) is 0.600. The molecule has 1 aromatic carbocycles. The lowest BCUT2D eigenvalue weighted by molar-refractivity contribution is 0.473. The van der Waals surface area contributed by atoms with Crippen LogP contribution in [0.2, 0.25) is 0 Å². The average Bonchev–Trinajstić information content (AvgIpc) is 2.14. The Morgan fingerprint density at radius 3 is 2.41 bits per heavy atom. The minimum absolute atomic E-state index is 0.123. The highest BCUT2D eigenvalue weighted by Crippen LogP contribution is 2.12. The molecule has 2 heteroatoms. The van der Waals surface area contributed by atoms with Gasteiger partial charge in [-0.2, -0.15) is 0 Å². The van der Waals surface area contributed by atoms with Crippen molar-refractivity contribution in [2.45, 2.75) is 34.1 Å². The van der Waals surface area contributed by atoms with Crippen molar-refractivity contribution in [3.63, 3.8) is 0 Å². The summed E-state index contributed by atoms with van der Waals surface area (Å²) in [6.45, 7) is 10.6. The molecular formula is C15H24FN. The lowest BCUT2D eigenvalue weighted by atomic mass is 9.99. The molecule has 0 bridgehead atoms. The van der Waals surface area contributed by atoms with E-state index in [1.54, 1.807) is 12.1 Å². The van der Waals surface area contributed by atoms with Gasteiger partial charge in [0.15, 0.2) is 0 Å². The van der Waals surface area contributed by atoms with E-state index < -0.39 is 0 Å². The summed E-state index contributed by atoms with van der Waals surface area (Å²) in [4.78, 5) is 0. The third-order valence-corrected chi connectivity index (χ3v) is 2.73. The van der Waals surface area contributed by atoms with Crippen molar-refractivity contribution in [3.8, 4) is 0 Å². The van der Waals surface area contributed by atoms with Crippen molar-refractivity contribution in [2.24, 2.45) is 11.8 Å². The summed E-state index contributed by atoms with van der Waals surface area (Å²) < 4.78 is 13.2. The molecule has 0 radical (unpaired) electrons. The summed E-state index contributed by atoms with van der Waals surface area (Å²) >= 11 is 0. The summed E-state index contributed by atoms with van der Waals surface area (Å²) in [7, 11) is 0. The molecule has 0 amide bonds. The molecule has 1 atom stereocenters. The van der Waals surface area contributed by atoms with Gasteiger partial charge in [-0.15, -0.1) is 0 Å². The van der Waals surface area contributed by atoms with Gasteiger partial charge >= 0.3 is 0 Å². The Balaban J connectivity index is 2.42. The smallest absolute Gasteiger partial charge is 0.123 e. The number of benzene rings is 1. The number of rotatable bonds is 6. The molecule has 0 saturated heterocycles. The molecule has 0 saturated carbocycles. The molecular weight excluding hydrogens is 213 g/mol. The number of hydrogen-bond acceptors (Lipinski definition) is 1. The van der Waals surface area contributed by atoms with Gasteiger partial charge < -0.3 is 5.32 Å². The molecule has 1 aromatic rings. The minimum Gasteiger partial charge on any atom is -0.316 e. The van der Waals surface area contributed by atoms with Crippen molar-refractivity contribution in [2.75, 3.05) is 13.1 Å². The molecule has 1 unspecified atom stereocenters. The molecule has 0 heterocycles. The summed E-state index contributed by atoms with van der Waals surface area (Å²) in [5.74, 6) is 1.09. The number of halogens is 1. The van der Waals surface area contributed by atoms with Crippen LogP contribution in [0.5, 0.6) is 0 Å². The number of aryl methyl sites for hydroxylation is 1. The maximum absolute atomic E-state index is 13.2. The molecule has 17 heavy (non-hydrogen) atoms. The third kappa shape index (κ3) is 5.83. The van der Waals surface area contributed by atoms with Crippen molar-refractivity contribution >= 4 is 0 Å². The summed E-state index contributed by atoms with van der Waals surface area (Å²) in [6, 6.07) is 5.29. The van der Waals surface area contributed by atoms with Crippen LogP contribution in [0.3, 0.4) is 0 Å². The van der Waals surface area contributed by atoms with Crippen LogP contribution >= 0.6 is 0 Å². The van der Waals surface area contributed by atoms with Gasteiger partial charge in [0.2, 0.25) is 0 Å². The van der Waals surface area contributed by atoms with Gasteiger partial charge in [-0.05, 0) is 61.5 Å². The molecule has 1 rings (SSSR count). The summed E-state index contributed by atoms with van der Waals surface area (Å²) in [6.07, 6.45) is 0.934. The van der Waals surface area contributed by atoms with E-state index in [0.717, 1.165) is 30.6 Å². The molecule has 1 nitrogen and oxygen atoms in total. The molecule has 0 aliphatic carbocycles. The van der Waals surface area contributed by atoms with E-state index in [-0.39, 0.29) is 5.82 Å². The lowest BCUT2D eigenvalue weighted by Gasteiger charge is -2.14. The fourth-order valence-corrected chi connectivity index (χ4v) is 2.02. The second-order valence-electron chi connectivity index (χ2n) is 5.50. The summed E-state index contributed by atoms with van der Waals surface area (Å²) in [5, 5.41) is 3.44. The van der Waals surface area contributed by atoms with Gasteiger partial charge in [0.1, 0.15) is 5.82 Å². The van der Waals surface area contributed by atoms with Gasteiger partial charge in [-0.1, -0.05) is 26.8 Å². The van der Waals surface area contributed by atoms with Crippen LogP contribution in [0, 0.1) is 24.6 Å². The monoisotopic (exact) mass is 237 g/mol. The van der Waals surface area contributed by atoms with E-state index in [9.17, 15) is 4.39 Å². The maximum Gasteiger partial charge on any atom is 0.123 e. The zero-order valence-corrected chi connectivity index (χ0v) is 11.4. The molecule has 1 N–H and O–H groups in total. The van der Waals surface area contributed by atoms with Gasteiger partial charge in [0, 0.05) is 0 Å². The largest absolute Gasteiger partial charge is 0.316 e. The highest BCUT2D eigenvalue weighted by molar-refractivity contribution is 5.23. The van der Waals surface area contributed by atoms with E-state index in [2.05, 4.69) is 32.2 Å². The second-order valence-corrected chi connectivity index (χ2v) is 5.50. The van der Waals surface area contributed by atoms with Crippen LogP contribution in [0.15, 0.2) is 18.2 Å². The first-order valence-electron chi connectivity index (χ1n) is 6.44. The van der Waals surface area contributed by atoms with Crippen molar-refractivity contribution in [1.82, 2.24) is 5.32 Å². The first kappa shape index (κ1) is 14.2. The predicted octanol–water partition coefficient (Wildman–Crippen LogP) is 3.56. The fourth-order valence-electron chi connectivity index (χ4n) is 2.02. The standard InChI is InChI=1S/C15H24FN/c1-11(2)9-17-10-13(4)6-14-5-12(3)7-15(16)8-14/h5,7-8,11,13,17H,6,9-10H2,1-4H3. The van der Waals surface area contributed by atoms with Gasteiger partial charge in [0.25, 0.3) is 0 Å². The maximum atomic E-state index is 13.2. The topological polar surface area (TPSA) is 12.0 Å². The van der Waals surface area contributed by atoms with E-state index >= 15 is 0 Å². The van der Waals surface area contributed by atoms with Gasteiger partial charge in [-0.25, -0.2) is 4.39 Å². The quantitative estimate of drug-likeness (QED) is 0.797. The second kappa shape index (κ2) is 6.75. The van der Waals surface area contributed by atoms with E-state index in [1.807, 2.05) is 6.92 Å². The SMILES string of the molecule is Cc1cc(F)cc(CC(C)CNCC(C)C)c1. The molecule has 0 aliphatic rings. The van der Waals surface area contributed by atoms with Crippen LogP contribution in [0.4, 0.5) is 4.39 Å². The Morgan fingerprint density at radius 1 is 1.12 bits per heavy atom. The first-order valence-corrected chi connectivity index (χ1v) is 6.44. The lowest BCUT2D eigenvalue weighted by Crippen LogP contribution is -2.26. The highest BCUT2D eigenvalue weighted by Gasteiger charge is 2.05. The van der Waals surface area contributed by atoms with E-state index in [1.165, 1.54) is 0 Å². The number of hydrogen-bond donors (Lipinski definition) is 1. The zero-order valence-electron chi connectivity index (χ0n) is 11.4. The Hall–Kier alpha value is -0.890. The van der Waals surface area contributed by atoms with Gasteiger partial charge in [-0.3, -0.25) is 0 Å². The summed E-state index contributed by atoms with van der Waals surface area (Å²) in [5.41, 5.74) is 2.10. The predicted molar refractivity (Wildman–Crippen MR) is 71.7 cm³/mol.